The van der Waals surface area contributed by atoms with Crippen molar-refractivity contribution in [3.05, 3.63) is 0 Å². The highest BCUT2D eigenvalue weighted by Gasteiger charge is 2.68. The normalized spacial score (nSPS) is 15.2. The first-order valence-electron chi connectivity index (χ1n) is 5.33. The molecule has 0 aromatic carbocycles. The quantitative estimate of drug-likeness (QED) is 0.378. The van der Waals surface area contributed by atoms with E-state index in [4.69, 9.17) is 6.42 Å². The van der Waals surface area contributed by atoms with E-state index >= 15 is 0 Å². The van der Waals surface area contributed by atoms with Crippen LogP contribution in [0.4, 0.5) is 0 Å². The molecule has 0 fully saturated rings. The molecule has 0 radical (unpaired) electrons. The van der Waals surface area contributed by atoms with Gasteiger partial charge in [0.25, 0.3) is 5.08 Å². The van der Waals surface area contributed by atoms with Crippen LogP contribution in [0.15, 0.2) is 0 Å². The zero-order chi connectivity index (χ0) is 15.9. The van der Waals surface area contributed by atoms with Gasteiger partial charge in [0.1, 0.15) is 0 Å². The number of hydrogen-bond acceptors (Lipinski definition) is 3. The summed E-state index contributed by atoms with van der Waals surface area (Å²) in [7, 11) is -11.0. The third-order valence-electron chi connectivity index (χ3n) is 2.99. The van der Waals surface area contributed by atoms with Gasteiger partial charge in [-0.2, -0.15) is 0 Å². The van der Waals surface area contributed by atoms with Crippen LogP contribution < -0.4 is 0 Å². The van der Waals surface area contributed by atoms with Gasteiger partial charge in [0.05, 0.1) is 0 Å². The Morgan fingerprint density at radius 1 is 1.00 bits per heavy atom. The van der Waals surface area contributed by atoms with Crippen molar-refractivity contribution in [2.75, 3.05) is 0 Å². The Kier molecular flexibility index (Phi) is 4.93. The lowest BCUT2D eigenvalue weighted by molar-refractivity contribution is 0.0119. The lowest BCUT2D eigenvalue weighted by Gasteiger charge is -2.44. The highest BCUT2D eigenvalue weighted by Crippen LogP contribution is 2.74. The molecule has 9 heteroatoms. The first-order valence-corrected chi connectivity index (χ1v) is 8.56. The molecule has 5 N–H and O–H groups in total. The zero-order valence-electron chi connectivity index (χ0n) is 11.2. The fourth-order valence-corrected chi connectivity index (χ4v) is 5.33. The number of aliphatic hydroxyl groups is 1. The van der Waals surface area contributed by atoms with E-state index in [2.05, 4.69) is 5.92 Å². The molecule has 19 heavy (non-hydrogen) atoms. The van der Waals surface area contributed by atoms with E-state index in [-0.39, 0.29) is 6.42 Å². The van der Waals surface area contributed by atoms with Gasteiger partial charge < -0.3 is 24.7 Å². The predicted molar refractivity (Wildman–Crippen MR) is 70.1 cm³/mol. The first-order chi connectivity index (χ1) is 8.02. The van der Waals surface area contributed by atoms with E-state index in [0.717, 1.165) is 13.8 Å². The SMILES string of the molecule is C#CC(C)(C)CC(C)(C)C(O)(P(=O)(O)O)P(=O)(O)O. The summed E-state index contributed by atoms with van der Waals surface area (Å²) in [6.45, 7) is 5.44. The predicted octanol–water partition coefficient (Wildman–Crippen LogP) is 1.06. The number of rotatable bonds is 5. The molecule has 7 nitrogen and oxygen atoms in total. The molecule has 0 aliphatic rings. The molecule has 0 aromatic rings. The van der Waals surface area contributed by atoms with Crippen LogP contribution in [0.25, 0.3) is 0 Å². The topological polar surface area (TPSA) is 135 Å². The van der Waals surface area contributed by atoms with E-state index in [1.54, 1.807) is 13.8 Å². The van der Waals surface area contributed by atoms with Crippen molar-refractivity contribution < 1.29 is 33.8 Å². The first kappa shape index (κ1) is 18.8. The summed E-state index contributed by atoms with van der Waals surface area (Å²) in [5.41, 5.74) is -2.71. The van der Waals surface area contributed by atoms with Gasteiger partial charge >= 0.3 is 15.2 Å². The minimum atomic E-state index is -5.50. The van der Waals surface area contributed by atoms with E-state index in [9.17, 15) is 33.8 Å². The summed E-state index contributed by atoms with van der Waals surface area (Å²) in [6, 6.07) is 0. The summed E-state index contributed by atoms with van der Waals surface area (Å²) in [5.74, 6) is 2.36. The Morgan fingerprint density at radius 3 is 1.53 bits per heavy atom. The maximum atomic E-state index is 11.4. The Bertz CT molecular complexity index is 455. The van der Waals surface area contributed by atoms with Gasteiger partial charge in [-0.05, 0) is 20.3 Å². The van der Waals surface area contributed by atoms with Gasteiger partial charge in [-0.1, -0.05) is 13.8 Å². The molecule has 0 heterocycles. The van der Waals surface area contributed by atoms with Crippen molar-refractivity contribution in [3.63, 3.8) is 0 Å². The number of terminal acetylenes is 1. The van der Waals surface area contributed by atoms with Crippen molar-refractivity contribution in [1.29, 1.82) is 0 Å². The molecule has 0 amide bonds. The monoisotopic (exact) mass is 314 g/mol. The van der Waals surface area contributed by atoms with Gasteiger partial charge in [-0.3, -0.25) is 9.13 Å². The largest absolute Gasteiger partial charge is 0.370 e. The summed E-state index contributed by atoms with van der Waals surface area (Å²) in [5, 5.41) is 6.59. The average Bonchev–Trinajstić information content (AvgIpc) is 2.11. The Labute approximate surface area is 112 Å². The van der Waals surface area contributed by atoms with Crippen LogP contribution in [0.1, 0.15) is 34.1 Å². The molecule has 0 spiro atoms. The lowest BCUT2D eigenvalue weighted by Crippen LogP contribution is -2.46. The zero-order valence-corrected chi connectivity index (χ0v) is 13.0. The summed E-state index contributed by atoms with van der Waals surface area (Å²) >= 11 is 0. The summed E-state index contributed by atoms with van der Waals surface area (Å²) in [4.78, 5) is 36.8. The third-order valence-corrected chi connectivity index (χ3v) is 7.39. The summed E-state index contributed by atoms with van der Waals surface area (Å²) < 4.78 is 22.8. The van der Waals surface area contributed by atoms with Crippen molar-refractivity contribution in [2.45, 2.75) is 39.2 Å². The molecule has 0 atom stereocenters. The van der Waals surface area contributed by atoms with Crippen molar-refractivity contribution in [3.8, 4) is 12.3 Å². The van der Waals surface area contributed by atoms with Crippen LogP contribution in [-0.4, -0.2) is 29.8 Å². The highest BCUT2D eigenvalue weighted by atomic mass is 31.2. The van der Waals surface area contributed by atoms with Crippen LogP contribution in [0, 0.1) is 23.2 Å². The van der Waals surface area contributed by atoms with Crippen LogP contribution in [-0.2, 0) is 9.13 Å². The number of hydrogen-bond donors (Lipinski definition) is 5. The second-order valence-corrected chi connectivity index (χ2v) is 9.64. The molecule has 0 aliphatic carbocycles. The smallest absolute Gasteiger partial charge is 0.367 e. The molecule has 0 rings (SSSR count). The Hall–Kier alpha value is -0.180. The molecule has 0 unspecified atom stereocenters. The Morgan fingerprint density at radius 2 is 1.32 bits per heavy atom. The van der Waals surface area contributed by atoms with Gasteiger partial charge in [0, 0.05) is 10.8 Å². The second kappa shape index (κ2) is 4.98. The molecule has 0 aromatic heterocycles. The van der Waals surface area contributed by atoms with Crippen molar-refractivity contribution in [2.24, 2.45) is 10.8 Å². The maximum absolute atomic E-state index is 11.4. The van der Waals surface area contributed by atoms with E-state index in [1.165, 1.54) is 0 Å². The molecule has 0 aliphatic heterocycles. The van der Waals surface area contributed by atoms with Crippen LogP contribution in [0.5, 0.6) is 0 Å². The summed E-state index contributed by atoms with van der Waals surface area (Å²) in [6.07, 6.45) is 5.06. The Balaban J connectivity index is 6.02. The minimum Gasteiger partial charge on any atom is -0.367 e. The minimum absolute atomic E-state index is 0.191. The van der Waals surface area contributed by atoms with Gasteiger partial charge in [-0.25, -0.2) is 0 Å². The fraction of sp³-hybridized carbons (Fsp3) is 0.800. The average molecular weight is 314 g/mol. The molecule has 0 saturated carbocycles. The van der Waals surface area contributed by atoms with E-state index in [1.807, 2.05) is 0 Å². The molecule has 0 saturated heterocycles. The molecular weight excluding hydrogens is 294 g/mol. The highest BCUT2D eigenvalue weighted by molar-refractivity contribution is 7.72. The lowest BCUT2D eigenvalue weighted by atomic mass is 9.75. The van der Waals surface area contributed by atoms with Crippen molar-refractivity contribution >= 4 is 15.2 Å². The van der Waals surface area contributed by atoms with Crippen LogP contribution in [0.2, 0.25) is 0 Å². The third kappa shape index (κ3) is 3.48. The van der Waals surface area contributed by atoms with Crippen LogP contribution >= 0.6 is 15.2 Å². The van der Waals surface area contributed by atoms with E-state index < -0.39 is 31.1 Å². The molecule has 112 valence electrons. The van der Waals surface area contributed by atoms with Gasteiger partial charge in [0.2, 0.25) is 0 Å². The molecule has 0 bridgehead atoms. The van der Waals surface area contributed by atoms with E-state index in [0.29, 0.717) is 0 Å². The van der Waals surface area contributed by atoms with Crippen LogP contribution in [0.3, 0.4) is 0 Å². The van der Waals surface area contributed by atoms with Gasteiger partial charge in [-0.15, -0.1) is 12.3 Å². The molecular formula is C10H20O7P2. The second-order valence-electron chi connectivity index (χ2n) is 5.81. The standard InChI is InChI=1S/C10H20O7P2/c1-6-8(2,3)7-9(4,5)10(11,18(12,13)14)19(15,16)17/h1,11H,7H2,2-5H3,(H2,12,13,14)(H2,15,16,17). The fourth-order valence-electron chi connectivity index (χ4n) is 2.23. The van der Waals surface area contributed by atoms with Gasteiger partial charge in [0.15, 0.2) is 0 Å². The van der Waals surface area contributed by atoms with Crippen molar-refractivity contribution in [1.82, 2.24) is 0 Å². The maximum Gasteiger partial charge on any atom is 0.370 e.